The number of allylic oxidation sites excluding steroid dienone is 2. The van der Waals surface area contributed by atoms with E-state index in [0.717, 1.165) is 106 Å². The quantitative estimate of drug-likeness (QED) is 0.0723. The maximum Gasteiger partial charge on any atom is 0.293 e. The molecule has 0 unspecified atom stereocenters. The Labute approximate surface area is 372 Å². The molecule has 342 valence electrons. The number of anilines is 2. The fourth-order valence-electron chi connectivity index (χ4n) is 9.82. The molecule has 14 nitrogen and oxygen atoms in total. The third-order valence-electron chi connectivity index (χ3n) is 13.5. The molecule has 3 N–H and O–H groups in total. The highest BCUT2D eigenvalue weighted by Gasteiger charge is 2.44. The molecular formula is C47H57F2N7O7S. The summed E-state index contributed by atoms with van der Waals surface area (Å²) >= 11 is 0. The number of carbonyl (C=O) groups is 1. The third-order valence-corrected chi connectivity index (χ3v) is 14.9. The van der Waals surface area contributed by atoms with Gasteiger partial charge in [-0.15, -0.1) is 0 Å². The van der Waals surface area contributed by atoms with Gasteiger partial charge >= 0.3 is 0 Å². The monoisotopic (exact) mass is 901 g/mol. The number of ether oxygens (including phenoxy) is 2. The number of alkyl halides is 2. The normalized spacial score (nSPS) is 19.2. The van der Waals surface area contributed by atoms with E-state index in [0.29, 0.717) is 36.9 Å². The molecule has 0 atom stereocenters. The molecule has 2 aliphatic heterocycles. The van der Waals surface area contributed by atoms with Gasteiger partial charge in [0.05, 0.1) is 21.6 Å². The Kier molecular flexibility index (Phi) is 13.1. The van der Waals surface area contributed by atoms with E-state index in [2.05, 4.69) is 50.2 Å². The van der Waals surface area contributed by atoms with E-state index in [4.69, 9.17) is 9.47 Å². The van der Waals surface area contributed by atoms with Gasteiger partial charge in [-0.25, -0.2) is 26.9 Å². The van der Waals surface area contributed by atoms with Crippen LogP contribution in [0.2, 0.25) is 0 Å². The van der Waals surface area contributed by atoms with Gasteiger partial charge in [-0.1, -0.05) is 31.6 Å². The highest BCUT2D eigenvalue weighted by molar-refractivity contribution is 7.90. The van der Waals surface area contributed by atoms with Crippen molar-refractivity contribution >= 4 is 44.0 Å². The van der Waals surface area contributed by atoms with Gasteiger partial charge in [-0.3, -0.25) is 19.8 Å². The molecule has 0 bridgehead atoms. The Hall–Kier alpha value is -5.39. The summed E-state index contributed by atoms with van der Waals surface area (Å²) in [6, 6.07) is 12.1. The number of nitro benzene ring substituents is 1. The molecule has 2 aliphatic carbocycles. The van der Waals surface area contributed by atoms with Crippen LogP contribution in [0.4, 0.5) is 25.8 Å². The van der Waals surface area contributed by atoms with Crippen LogP contribution in [0.1, 0.15) is 82.0 Å². The molecule has 2 aromatic heterocycles. The molecule has 2 aromatic carbocycles. The van der Waals surface area contributed by atoms with Gasteiger partial charge in [-0.2, -0.15) is 0 Å². The first kappa shape index (κ1) is 45.2. The summed E-state index contributed by atoms with van der Waals surface area (Å²) in [5.41, 5.74) is 4.72. The zero-order valence-corrected chi connectivity index (χ0v) is 37.3. The lowest BCUT2D eigenvalue weighted by atomic mass is 9.58. The number of amides is 1. The second kappa shape index (κ2) is 18.6. The molecule has 3 fully saturated rings. The van der Waals surface area contributed by atoms with Gasteiger partial charge < -0.3 is 24.7 Å². The maximum atomic E-state index is 13.9. The van der Waals surface area contributed by atoms with Crippen LogP contribution in [0.3, 0.4) is 0 Å². The molecule has 8 rings (SSSR count). The smallest absolute Gasteiger partial charge is 0.293 e. The Morgan fingerprint density at radius 1 is 1.08 bits per heavy atom. The minimum atomic E-state index is -4.58. The zero-order valence-electron chi connectivity index (χ0n) is 36.5. The van der Waals surface area contributed by atoms with E-state index in [-0.39, 0.29) is 40.7 Å². The van der Waals surface area contributed by atoms with Crippen molar-refractivity contribution in [3.63, 3.8) is 0 Å². The number of H-pyrrole nitrogens is 1. The SMILES string of the molecule is C=C(CCC(F)F)C1=C(CN2CCN(c3ccc(C(=O)NS(=O)(=O)c4ccc(NCC5CC6(CCOCC6)C5)c([N+](=O)[O-])c4)c(Oc4cnc5[nH]ccc5c4)c3)CC2)CCC(C)(C)C1. The highest BCUT2D eigenvalue weighted by Crippen LogP contribution is 2.52. The van der Waals surface area contributed by atoms with Gasteiger partial charge in [0.1, 0.15) is 22.8 Å². The van der Waals surface area contributed by atoms with Crippen molar-refractivity contribution in [3.8, 4) is 11.5 Å². The number of aromatic nitrogens is 2. The Morgan fingerprint density at radius 2 is 1.84 bits per heavy atom. The third kappa shape index (κ3) is 10.4. The second-order valence-corrected chi connectivity index (χ2v) is 20.4. The maximum absolute atomic E-state index is 13.9. The molecule has 17 heteroatoms. The Morgan fingerprint density at radius 3 is 2.58 bits per heavy atom. The van der Waals surface area contributed by atoms with E-state index in [9.17, 15) is 32.1 Å². The second-order valence-electron chi connectivity index (χ2n) is 18.7. The van der Waals surface area contributed by atoms with Crippen molar-refractivity contribution in [2.75, 3.05) is 62.7 Å². The summed E-state index contributed by atoms with van der Waals surface area (Å²) in [7, 11) is -4.58. The summed E-state index contributed by atoms with van der Waals surface area (Å²) in [6.07, 6.45) is 7.78. The van der Waals surface area contributed by atoms with Crippen molar-refractivity contribution in [1.29, 1.82) is 0 Å². The lowest BCUT2D eigenvalue weighted by Gasteiger charge is -2.50. The fraction of sp³-hybridized carbons (Fsp3) is 0.489. The Bertz CT molecular complexity index is 2540. The molecule has 64 heavy (non-hydrogen) atoms. The highest BCUT2D eigenvalue weighted by atomic mass is 32.2. The minimum Gasteiger partial charge on any atom is -0.455 e. The van der Waals surface area contributed by atoms with Crippen LogP contribution in [0.15, 0.2) is 89.1 Å². The number of carbonyl (C=O) groups excluding carboxylic acids is 1. The Balaban J connectivity index is 0.971. The number of halogens is 2. The molecule has 2 saturated heterocycles. The van der Waals surface area contributed by atoms with Crippen LogP contribution in [0.25, 0.3) is 11.0 Å². The number of nitro groups is 1. The predicted octanol–water partition coefficient (Wildman–Crippen LogP) is 9.23. The van der Waals surface area contributed by atoms with Crippen LogP contribution in [-0.2, 0) is 14.8 Å². The molecule has 1 amide bonds. The summed E-state index contributed by atoms with van der Waals surface area (Å²) in [5, 5.41) is 16.1. The van der Waals surface area contributed by atoms with Gasteiger partial charge in [0.25, 0.3) is 21.6 Å². The average Bonchev–Trinajstić information content (AvgIpc) is 3.73. The van der Waals surface area contributed by atoms with E-state index in [1.54, 1.807) is 24.4 Å². The van der Waals surface area contributed by atoms with Crippen molar-refractivity contribution in [1.82, 2.24) is 19.6 Å². The topological polar surface area (TPSA) is 172 Å². The molecule has 4 heterocycles. The van der Waals surface area contributed by atoms with Crippen molar-refractivity contribution in [2.45, 2.75) is 83.0 Å². The first-order valence-electron chi connectivity index (χ1n) is 22.1. The van der Waals surface area contributed by atoms with Gasteiger partial charge in [0, 0.05) is 88.3 Å². The first-order chi connectivity index (χ1) is 30.6. The number of nitrogens with one attached hydrogen (secondary N) is 3. The molecule has 4 aromatic rings. The van der Waals surface area contributed by atoms with E-state index in [1.807, 2.05) is 6.07 Å². The number of pyridine rings is 1. The van der Waals surface area contributed by atoms with E-state index >= 15 is 0 Å². The van der Waals surface area contributed by atoms with Crippen LogP contribution >= 0.6 is 0 Å². The number of nitrogens with zero attached hydrogens (tertiary/aromatic N) is 4. The van der Waals surface area contributed by atoms with Crippen molar-refractivity contribution in [3.05, 3.63) is 99.9 Å². The lowest BCUT2D eigenvalue weighted by molar-refractivity contribution is -0.384. The van der Waals surface area contributed by atoms with Crippen LogP contribution < -0.4 is 19.7 Å². The molecule has 4 aliphatic rings. The fourth-order valence-corrected chi connectivity index (χ4v) is 10.8. The molecular weight excluding hydrogens is 845 g/mol. The van der Waals surface area contributed by atoms with Crippen molar-refractivity contribution < 1.29 is 36.4 Å². The van der Waals surface area contributed by atoms with Crippen molar-refractivity contribution in [2.24, 2.45) is 16.7 Å². The van der Waals surface area contributed by atoms with Gasteiger partial charge in [0.15, 0.2) is 0 Å². The van der Waals surface area contributed by atoms with Gasteiger partial charge in [0.2, 0.25) is 6.43 Å². The van der Waals surface area contributed by atoms with Crippen LogP contribution in [0.5, 0.6) is 11.5 Å². The van der Waals surface area contributed by atoms with E-state index in [1.165, 1.54) is 30.0 Å². The number of piperazine rings is 1. The number of rotatable bonds is 16. The first-order valence-corrected chi connectivity index (χ1v) is 23.6. The minimum absolute atomic E-state index is 0.0672. The number of benzene rings is 2. The van der Waals surface area contributed by atoms with Gasteiger partial charge in [-0.05, 0) is 110 Å². The predicted molar refractivity (Wildman–Crippen MR) is 242 cm³/mol. The number of aromatic amines is 1. The number of hydrogen-bond donors (Lipinski definition) is 3. The van der Waals surface area contributed by atoms with E-state index < -0.39 is 37.9 Å². The number of fused-ring (bicyclic) bond motifs is 1. The zero-order chi connectivity index (χ0) is 45.2. The van der Waals surface area contributed by atoms with Crippen LogP contribution in [0, 0.1) is 26.9 Å². The summed E-state index contributed by atoms with van der Waals surface area (Å²) < 4.78 is 67.6. The number of hydrogen-bond acceptors (Lipinski definition) is 11. The lowest BCUT2D eigenvalue weighted by Crippen LogP contribution is -2.47. The average molecular weight is 902 g/mol. The van der Waals surface area contributed by atoms with Crippen LogP contribution in [-0.4, -0.2) is 93.0 Å². The molecule has 1 saturated carbocycles. The molecule has 1 spiro atoms. The summed E-state index contributed by atoms with van der Waals surface area (Å²) in [5.74, 6) is -0.214. The summed E-state index contributed by atoms with van der Waals surface area (Å²) in [6.45, 7) is 14.2. The largest absolute Gasteiger partial charge is 0.455 e. The summed E-state index contributed by atoms with van der Waals surface area (Å²) in [4.78, 5) is 37.0. The number of sulfonamides is 1. The standard InChI is InChI=1S/C47H57F2N7O7S/c1-31(4-9-43(48)49)39-27-46(2,3)12-10-34(39)30-54-16-18-55(19-17-54)35-5-7-38(42(23-35)63-36-22-33-11-15-50-44(33)52-29-36)45(57)53-64(60,61)37-6-8-40(41(24-37)56(58)59)51-28-32-25-47(26-32)13-20-62-21-14-47/h5-8,11,15,22-24,29,32,43,51H,1,4,9-10,12-14,16-21,25-28,30H2,2-3H3,(H,50,52)(H,53,57). The molecule has 0 radical (unpaired) electrons.